The Kier molecular flexibility index (Phi) is 6.59. The number of imide groups is 1. The number of benzene rings is 1. The van der Waals surface area contributed by atoms with Crippen LogP contribution in [0.5, 0.6) is 5.75 Å². The van der Waals surface area contributed by atoms with Crippen molar-refractivity contribution in [2.24, 2.45) is 0 Å². The zero-order chi connectivity index (χ0) is 26.5. The van der Waals surface area contributed by atoms with Crippen molar-refractivity contribution >= 4 is 23.8 Å². The van der Waals surface area contributed by atoms with Gasteiger partial charge in [0.05, 0.1) is 0 Å². The van der Waals surface area contributed by atoms with E-state index in [2.05, 4.69) is 10.2 Å². The highest BCUT2D eigenvalue weighted by atomic mass is 19.1. The second-order valence-electron chi connectivity index (χ2n) is 11.2. The van der Waals surface area contributed by atoms with Gasteiger partial charge in [-0.3, -0.25) is 24.6 Å². The number of hydrogen-bond donors (Lipinski definition) is 1. The standard InChI is InChI=1S/C26H33FN4O6/c1-26(2,3)37-25(35)30-8-6-29(7-9-30)16-11-17(12-16)36-21-10-15-14-31(24(34)18(15)13-19(21)27)20-4-5-22(32)28-23(20)33/h10,13,16-17,20H,4-9,11-12,14H2,1-3H3,(H,28,32,33). The minimum Gasteiger partial charge on any atom is -0.487 e. The van der Waals surface area contributed by atoms with E-state index in [0.717, 1.165) is 25.9 Å². The summed E-state index contributed by atoms with van der Waals surface area (Å²) in [6.07, 6.45) is 1.51. The van der Waals surface area contributed by atoms with Crippen LogP contribution in [-0.4, -0.2) is 88.5 Å². The molecule has 37 heavy (non-hydrogen) atoms. The monoisotopic (exact) mass is 516 g/mol. The maximum atomic E-state index is 14.8. The van der Waals surface area contributed by atoms with E-state index < -0.39 is 29.3 Å². The summed E-state index contributed by atoms with van der Waals surface area (Å²) in [7, 11) is 0. The Bertz CT molecular complexity index is 1120. The van der Waals surface area contributed by atoms with Gasteiger partial charge in [0.25, 0.3) is 5.91 Å². The molecule has 1 N–H and O–H groups in total. The average molecular weight is 517 g/mol. The molecule has 3 fully saturated rings. The molecular weight excluding hydrogens is 483 g/mol. The minimum atomic E-state index is -0.742. The molecule has 1 aliphatic carbocycles. The molecule has 4 amide bonds. The molecule has 0 bridgehead atoms. The van der Waals surface area contributed by atoms with Crippen molar-refractivity contribution in [3.63, 3.8) is 0 Å². The van der Waals surface area contributed by atoms with Gasteiger partial charge in [0.15, 0.2) is 11.6 Å². The number of piperazine rings is 1. The number of rotatable bonds is 4. The van der Waals surface area contributed by atoms with Crippen molar-refractivity contribution in [1.82, 2.24) is 20.0 Å². The third-order valence-corrected chi connectivity index (χ3v) is 7.42. The Morgan fingerprint density at radius 2 is 1.78 bits per heavy atom. The number of amides is 4. The maximum absolute atomic E-state index is 14.8. The van der Waals surface area contributed by atoms with Gasteiger partial charge in [0.1, 0.15) is 17.7 Å². The molecule has 1 unspecified atom stereocenters. The van der Waals surface area contributed by atoms with E-state index in [1.165, 1.54) is 11.0 Å². The van der Waals surface area contributed by atoms with Crippen molar-refractivity contribution in [3.8, 4) is 5.75 Å². The Labute approximate surface area is 215 Å². The second kappa shape index (κ2) is 9.59. The molecule has 200 valence electrons. The van der Waals surface area contributed by atoms with Crippen molar-refractivity contribution in [1.29, 1.82) is 0 Å². The number of nitrogens with one attached hydrogen (secondary N) is 1. The molecule has 0 spiro atoms. The normalized spacial score (nSPS) is 26.5. The third-order valence-electron chi connectivity index (χ3n) is 7.42. The summed E-state index contributed by atoms with van der Waals surface area (Å²) in [6.45, 7) is 8.45. The topological polar surface area (TPSA) is 108 Å². The van der Waals surface area contributed by atoms with Crippen LogP contribution < -0.4 is 10.1 Å². The number of ether oxygens (including phenoxy) is 2. The fraction of sp³-hybridized carbons (Fsp3) is 0.615. The molecule has 0 radical (unpaired) electrons. The summed E-state index contributed by atoms with van der Waals surface area (Å²) in [6, 6.07) is 2.31. The lowest BCUT2D eigenvalue weighted by atomic mass is 9.87. The van der Waals surface area contributed by atoms with Crippen LogP contribution in [0.2, 0.25) is 0 Å². The predicted molar refractivity (Wildman–Crippen MR) is 129 cm³/mol. The van der Waals surface area contributed by atoms with Gasteiger partial charge in [-0.05, 0) is 44.9 Å². The molecular formula is C26H33FN4O6. The van der Waals surface area contributed by atoms with E-state index in [9.17, 15) is 23.6 Å². The smallest absolute Gasteiger partial charge is 0.410 e. The molecule has 4 aliphatic rings. The van der Waals surface area contributed by atoms with Gasteiger partial charge in [-0.25, -0.2) is 9.18 Å². The minimum absolute atomic E-state index is 0.106. The lowest BCUT2D eigenvalue weighted by Gasteiger charge is -2.46. The zero-order valence-corrected chi connectivity index (χ0v) is 21.4. The number of piperidine rings is 1. The number of halogens is 1. The predicted octanol–water partition coefficient (Wildman–Crippen LogP) is 2.05. The first kappa shape index (κ1) is 25.4. The zero-order valence-electron chi connectivity index (χ0n) is 21.4. The van der Waals surface area contributed by atoms with Gasteiger partial charge in [0.2, 0.25) is 11.8 Å². The van der Waals surface area contributed by atoms with Crippen LogP contribution in [0.15, 0.2) is 12.1 Å². The third kappa shape index (κ3) is 5.27. The van der Waals surface area contributed by atoms with Crippen LogP contribution in [0.1, 0.15) is 62.4 Å². The van der Waals surface area contributed by atoms with E-state index in [1.807, 2.05) is 20.8 Å². The molecule has 11 heteroatoms. The lowest BCUT2D eigenvalue weighted by molar-refractivity contribution is -0.136. The van der Waals surface area contributed by atoms with Crippen LogP contribution in [0.25, 0.3) is 0 Å². The number of carbonyl (C=O) groups is 4. The SMILES string of the molecule is CC(C)(C)OC(=O)N1CCN(C2CC(Oc3cc4c(cc3F)C(=O)N(C3CCC(=O)NC3=O)C4)C2)CC1. The molecule has 3 heterocycles. The summed E-state index contributed by atoms with van der Waals surface area (Å²) in [5.74, 6) is -1.76. The second-order valence-corrected chi connectivity index (χ2v) is 11.2. The summed E-state index contributed by atoms with van der Waals surface area (Å²) in [4.78, 5) is 54.2. The van der Waals surface area contributed by atoms with Crippen LogP contribution in [-0.2, 0) is 20.9 Å². The summed E-state index contributed by atoms with van der Waals surface area (Å²) in [5.41, 5.74) is 0.319. The number of carbonyl (C=O) groups excluding carboxylic acids is 4. The Balaban J connectivity index is 1.13. The van der Waals surface area contributed by atoms with Crippen molar-refractivity contribution in [3.05, 3.63) is 29.1 Å². The maximum Gasteiger partial charge on any atom is 0.410 e. The van der Waals surface area contributed by atoms with Gasteiger partial charge < -0.3 is 19.3 Å². The lowest BCUT2D eigenvalue weighted by Crippen LogP contribution is -2.57. The van der Waals surface area contributed by atoms with Gasteiger partial charge in [-0.15, -0.1) is 0 Å². The quantitative estimate of drug-likeness (QED) is 0.610. The Hall–Kier alpha value is -3.21. The first-order valence-corrected chi connectivity index (χ1v) is 12.8. The van der Waals surface area contributed by atoms with E-state index in [4.69, 9.17) is 9.47 Å². The van der Waals surface area contributed by atoms with Crippen LogP contribution in [0.3, 0.4) is 0 Å². The summed E-state index contributed by atoms with van der Waals surface area (Å²) < 4.78 is 26.2. The van der Waals surface area contributed by atoms with Crippen molar-refractivity contribution < 1.29 is 33.0 Å². The van der Waals surface area contributed by atoms with Crippen LogP contribution >= 0.6 is 0 Å². The molecule has 3 aliphatic heterocycles. The molecule has 5 rings (SSSR count). The number of fused-ring (bicyclic) bond motifs is 1. The molecule has 2 saturated heterocycles. The number of hydrogen-bond acceptors (Lipinski definition) is 7. The first-order valence-electron chi connectivity index (χ1n) is 12.8. The summed E-state index contributed by atoms with van der Waals surface area (Å²) in [5, 5.41) is 2.27. The highest BCUT2D eigenvalue weighted by molar-refractivity contribution is 6.05. The highest BCUT2D eigenvalue weighted by Crippen LogP contribution is 2.35. The van der Waals surface area contributed by atoms with Crippen LogP contribution in [0, 0.1) is 5.82 Å². The first-order chi connectivity index (χ1) is 17.5. The van der Waals surface area contributed by atoms with Crippen LogP contribution in [0.4, 0.5) is 9.18 Å². The number of nitrogens with zero attached hydrogens (tertiary/aromatic N) is 3. The Morgan fingerprint density at radius 3 is 2.43 bits per heavy atom. The van der Waals surface area contributed by atoms with Gasteiger partial charge in [-0.2, -0.15) is 0 Å². The molecule has 1 atom stereocenters. The molecule has 0 aromatic heterocycles. The van der Waals surface area contributed by atoms with Gasteiger partial charge in [0, 0.05) is 63.6 Å². The molecule has 1 saturated carbocycles. The van der Waals surface area contributed by atoms with E-state index in [0.29, 0.717) is 24.7 Å². The van der Waals surface area contributed by atoms with Crippen molar-refractivity contribution in [2.75, 3.05) is 26.2 Å². The average Bonchev–Trinajstić information content (AvgIpc) is 3.10. The molecule has 1 aromatic carbocycles. The van der Waals surface area contributed by atoms with E-state index in [1.54, 1.807) is 11.0 Å². The van der Waals surface area contributed by atoms with Gasteiger partial charge >= 0.3 is 6.09 Å². The highest BCUT2D eigenvalue weighted by Gasteiger charge is 2.41. The fourth-order valence-electron chi connectivity index (χ4n) is 5.36. The van der Waals surface area contributed by atoms with Crippen molar-refractivity contribution in [2.45, 2.75) is 76.8 Å². The van der Waals surface area contributed by atoms with Gasteiger partial charge in [-0.1, -0.05) is 0 Å². The van der Waals surface area contributed by atoms with E-state index >= 15 is 0 Å². The molecule has 10 nitrogen and oxygen atoms in total. The largest absolute Gasteiger partial charge is 0.487 e. The fourth-order valence-corrected chi connectivity index (χ4v) is 5.36. The Morgan fingerprint density at radius 1 is 1.08 bits per heavy atom. The summed E-state index contributed by atoms with van der Waals surface area (Å²) >= 11 is 0. The van der Waals surface area contributed by atoms with E-state index in [-0.39, 0.29) is 48.8 Å². The molecule has 1 aromatic rings.